The molecule has 0 spiro atoms. The van der Waals surface area contributed by atoms with Crippen LogP contribution >= 0.6 is 0 Å². The molecule has 3 aromatic carbocycles. The number of carbonyl (C=O) groups is 2. The maximum Gasteiger partial charge on any atom is 0.339 e. The minimum atomic E-state index is -3.61. The SMILES string of the molecule is O=C(Nc1ccc(S(=O)(=O)N2CCOCC2)cc1)c1ccc2c(c1)CC(c1ccccc1)OC2=O. The number of sulfonamides is 1. The number of fused-ring (bicyclic) bond motifs is 1. The first-order chi connectivity index (χ1) is 16.9. The molecule has 1 atom stereocenters. The molecule has 5 rings (SSSR count). The summed E-state index contributed by atoms with van der Waals surface area (Å²) in [6.45, 7) is 1.38. The van der Waals surface area contributed by atoms with E-state index >= 15 is 0 Å². The van der Waals surface area contributed by atoms with Gasteiger partial charge in [-0.05, 0) is 53.6 Å². The predicted molar refractivity (Wildman–Crippen MR) is 129 cm³/mol. The van der Waals surface area contributed by atoms with E-state index in [0.717, 1.165) is 11.1 Å². The van der Waals surface area contributed by atoms with Crippen LogP contribution in [0.3, 0.4) is 0 Å². The molecule has 1 unspecified atom stereocenters. The van der Waals surface area contributed by atoms with Gasteiger partial charge in [0.15, 0.2) is 0 Å². The second kappa shape index (κ2) is 9.61. The first kappa shape index (κ1) is 23.2. The molecule has 0 radical (unpaired) electrons. The van der Waals surface area contributed by atoms with E-state index in [9.17, 15) is 18.0 Å². The Balaban J connectivity index is 1.30. The number of amides is 1. The number of nitrogens with zero attached hydrogens (tertiary/aromatic N) is 1. The van der Waals surface area contributed by atoms with Crippen molar-refractivity contribution in [2.45, 2.75) is 17.4 Å². The highest BCUT2D eigenvalue weighted by Gasteiger charge is 2.29. The van der Waals surface area contributed by atoms with Crippen molar-refractivity contribution in [2.24, 2.45) is 0 Å². The first-order valence-electron chi connectivity index (χ1n) is 11.3. The van der Waals surface area contributed by atoms with Crippen molar-refractivity contribution in [3.63, 3.8) is 0 Å². The van der Waals surface area contributed by atoms with Crippen LogP contribution in [0.15, 0.2) is 77.7 Å². The van der Waals surface area contributed by atoms with Crippen LogP contribution in [0.1, 0.15) is 37.9 Å². The fourth-order valence-corrected chi connectivity index (χ4v) is 5.65. The topological polar surface area (TPSA) is 102 Å². The number of morpholine rings is 1. The van der Waals surface area contributed by atoms with E-state index in [4.69, 9.17) is 9.47 Å². The van der Waals surface area contributed by atoms with Crippen LogP contribution in [-0.2, 0) is 25.9 Å². The molecule has 0 aliphatic carbocycles. The van der Waals surface area contributed by atoms with E-state index in [1.807, 2.05) is 30.3 Å². The number of hydrogen-bond donors (Lipinski definition) is 1. The average Bonchev–Trinajstić information content (AvgIpc) is 2.89. The van der Waals surface area contributed by atoms with Gasteiger partial charge in [0, 0.05) is 30.8 Å². The number of nitrogens with one attached hydrogen (secondary N) is 1. The molecule has 0 bridgehead atoms. The number of anilines is 1. The largest absolute Gasteiger partial charge is 0.454 e. The average molecular weight is 493 g/mol. The maximum atomic E-state index is 12.9. The highest BCUT2D eigenvalue weighted by Crippen LogP contribution is 2.31. The van der Waals surface area contributed by atoms with Crippen LogP contribution in [0.2, 0.25) is 0 Å². The van der Waals surface area contributed by atoms with Crippen molar-refractivity contribution in [3.8, 4) is 0 Å². The summed E-state index contributed by atoms with van der Waals surface area (Å²) in [7, 11) is -3.61. The van der Waals surface area contributed by atoms with Crippen LogP contribution in [0, 0.1) is 0 Å². The molecular formula is C26H24N2O6S. The minimum absolute atomic E-state index is 0.164. The van der Waals surface area contributed by atoms with E-state index in [0.29, 0.717) is 49.5 Å². The quantitative estimate of drug-likeness (QED) is 0.548. The Morgan fingerprint density at radius 2 is 1.66 bits per heavy atom. The second-order valence-electron chi connectivity index (χ2n) is 8.38. The predicted octanol–water partition coefficient (Wildman–Crippen LogP) is 3.41. The number of rotatable bonds is 5. The molecule has 8 nitrogen and oxygen atoms in total. The van der Waals surface area contributed by atoms with Gasteiger partial charge in [0.05, 0.1) is 23.7 Å². The normalized spacial score (nSPS) is 18.4. The van der Waals surface area contributed by atoms with Crippen LogP contribution < -0.4 is 5.32 Å². The molecule has 1 fully saturated rings. The Labute approximate surface area is 203 Å². The van der Waals surface area contributed by atoms with Crippen molar-refractivity contribution >= 4 is 27.6 Å². The number of carbonyl (C=O) groups excluding carboxylic acids is 2. The van der Waals surface area contributed by atoms with Gasteiger partial charge in [-0.2, -0.15) is 4.31 Å². The van der Waals surface area contributed by atoms with Crippen LogP contribution in [0.4, 0.5) is 5.69 Å². The zero-order valence-electron chi connectivity index (χ0n) is 18.8. The van der Waals surface area contributed by atoms with E-state index in [2.05, 4.69) is 5.32 Å². The summed E-state index contributed by atoms with van der Waals surface area (Å²) >= 11 is 0. The van der Waals surface area contributed by atoms with E-state index < -0.39 is 22.1 Å². The summed E-state index contributed by atoms with van der Waals surface area (Å²) in [4.78, 5) is 25.5. The Bertz CT molecular complexity index is 1350. The molecule has 0 aromatic heterocycles. The number of ether oxygens (including phenoxy) is 2. The molecule has 2 aliphatic rings. The van der Waals surface area contributed by atoms with Gasteiger partial charge in [-0.3, -0.25) is 4.79 Å². The lowest BCUT2D eigenvalue weighted by Gasteiger charge is -2.26. The lowest BCUT2D eigenvalue weighted by molar-refractivity contribution is 0.0252. The number of cyclic esters (lactones) is 1. The van der Waals surface area contributed by atoms with Gasteiger partial charge < -0.3 is 14.8 Å². The van der Waals surface area contributed by atoms with Crippen LogP contribution in [0.25, 0.3) is 0 Å². The molecule has 0 saturated carbocycles. The number of hydrogen-bond acceptors (Lipinski definition) is 6. The highest BCUT2D eigenvalue weighted by molar-refractivity contribution is 7.89. The molecule has 2 heterocycles. The smallest absolute Gasteiger partial charge is 0.339 e. The Kier molecular flexibility index (Phi) is 6.38. The number of benzene rings is 3. The number of esters is 1. The molecule has 9 heteroatoms. The Hall–Kier alpha value is -3.53. The molecule has 2 aliphatic heterocycles. The standard InChI is InChI=1S/C26H24N2O6S/c29-25(27-21-7-9-22(10-8-21)35(31,32)28-12-14-33-15-13-28)19-6-11-23-20(16-19)17-24(34-26(23)30)18-4-2-1-3-5-18/h1-11,16,24H,12-15,17H2,(H,27,29). The van der Waals surface area contributed by atoms with Crippen molar-refractivity contribution in [2.75, 3.05) is 31.6 Å². The maximum absolute atomic E-state index is 12.9. The highest BCUT2D eigenvalue weighted by atomic mass is 32.2. The lowest BCUT2D eigenvalue weighted by Crippen LogP contribution is -2.40. The van der Waals surface area contributed by atoms with Gasteiger partial charge >= 0.3 is 5.97 Å². The monoisotopic (exact) mass is 492 g/mol. The summed E-state index contributed by atoms with van der Waals surface area (Å²) in [5.74, 6) is -0.768. The third-order valence-corrected chi connectivity index (χ3v) is 8.05. The fourth-order valence-electron chi connectivity index (χ4n) is 4.24. The third kappa shape index (κ3) is 4.84. The molecule has 35 heavy (non-hydrogen) atoms. The summed E-state index contributed by atoms with van der Waals surface area (Å²) in [6, 6.07) is 20.5. The first-order valence-corrected chi connectivity index (χ1v) is 12.7. The molecule has 180 valence electrons. The molecular weight excluding hydrogens is 468 g/mol. The molecule has 1 saturated heterocycles. The summed E-state index contributed by atoms with van der Waals surface area (Å²) in [6.07, 6.45) is 0.0656. The Morgan fingerprint density at radius 1 is 0.943 bits per heavy atom. The van der Waals surface area contributed by atoms with E-state index in [-0.39, 0.29) is 10.8 Å². The third-order valence-electron chi connectivity index (χ3n) is 6.13. The van der Waals surface area contributed by atoms with Crippen LogP contribution in [0.5, 0.6) is 0 Å². The van der Waals surface area contributed by atoms with E-state index in [1.54, 1.807) is 30.3 Å². The second-order valence-corrected chi connectivity index (χ2v) is 10.3. The van der Waals surface area contributed by atoms with Gasteiger partial charge in [-0.1, -0.05) is 30.3 Å². The molecule has 3 aromatic rings. The van der Waals surface area contributed by atoms with Gasteiger partial charge in [-0.25, -0.2) is 13.2 Å². The van der Waals surface area contributed by atoms with Crippen LogP contribution in [-0.4, -0.2) is 50.9 Å². The summed E-state index contributed by atoms with van der Waals surface area (Å²) < 4.78 is 37.8. The van der Waals surface area contributed by atoms with Gasteiger partial charge in [0.2, 0.25) is 10.0 Å². The van der Waals surface area contributed by atoms with E-state index in [1.165, 1.54) is 16.4 Å². The molecule has 1 amide bonds. The zero-order chi connectivity index (χ0) is 24.4. The van der Waals surface area contributed by atoms with Gasteiger partial charge in [-0.15, -0.1) is 0 Å². The molecule has 1 N–H and O–H groups in total. The van der Waals surface area contributed by atoms with Crippen molar-refractivity contribution in [1.29, 1.82) is 0 Å². The lowest BCUT2D eigenvalue weighted by atomic mass is 9.93. The Morgan fingerprint density at radius 3 is 2.37 bits per heavy atom. The fraction of sp³-hybridized carbons (Fsp3) is 0.231. The van der Waals surface area contributed by atoms with Crippen molar-refractivity contribution in [3.05, 3.63) is 95.1 Å². The zero-order valence-corrected chi connectivity index (χ0v) is 19.7. The van der Waals surface area contributed by atoms with Crippen molar-refractivity contribution in [1.82, 2.24) is 4.31 Å². The van der Waals surface area contributed by atoms with Gasteiger partial charge in [0.1, 0.15) is 6.10 Å². The van der Waals surface area contributed by atoms with Crippen molar-refractivity contribution < 1.29 is 27.5 Å². The summed E-state index contributed by atoms with van der Waals surface area (Å²) in [5, 5.41) is 2.79. The van der Waals surface area contributed by atoms with Gasteiger partial charge in [0.25, 0.3) is 5.91 Å². The minimum Gasteiger partial charge on any atom is -0.454 e. The summed E-state index contributed by atoms with van der Waals surface area (Å²) in [5.41, 5.74) is 2.96.